The van der Waals surface area contributed by atoms with Gasteiger partial charge < -0.3 is 4.74 Å². The van der Waals surface area contributed by atoms with E-state index in [1.807, 2.05) is 92.7 Å². The molecule has 5 heteroatoms. The van der Waals surface area contributed by atoms with Gasteiger partial charge in [-0.05, 0) is 49.1 Å². The molecule has 3 aromatic rings. The fourth-order valence-electron chi connectivity index (χ4n) is 3.18. The molecule has 3 aromatic carbocycles. The molecule has 0 fully saturated rings. The van der Waals surface area contributed by atoms with Crippen molar-refractivity contribution in [2.24, 2.45) is 0 Å². The summed E-state index contributed by atoms with van der Waals surface area (Å²) < 4.78 is 5.79. The minimum atomic E-state index is -0.766. The van der Waals surface area contributed by atoms with Gasteiger partial charge in [0.15, 0.2) is 6.10 Å². The van der Waals surface area contributed by atoms with Crippen molar-refractivity contribution in [2.75, 3.05) is 0 Å². The zero-order valence-corrected chi connectivity index (χ0v) is 17.4. The van der Waals surface area contributed by atoms with Gasteiger partial charge in [-0.25, -0.2) is 0 Å². The SMILES string of the molecule is Cc1cccc(O[C@H](C)C(=O)NNC(=O)C(c2ccccc2)c2ccccc2)c1C. The van der Waals surface area contributed by atoms with Crippen LogP contribution < -0.4 is 15.6 Å². The third-order valence-corrected chi connectivity index (χ3v) is 5.06. The topological polar surface area (TPSA) is 67.4 Å². The normalized spacial score (nSPS) is 11.6. The third kappa shape index (κ3) is 5.06. The highest BCUT2D eigenvalue weighted by molar-refractivity contribution is 5.90. The van der Waals surface area contributed by atoms with Crippen LogP contribution in [0.15, 0.2) is 78.9 Å². The van der Waals surface area contributed by atoms with E-state index < -0.39 is 17.9 Å². The summed E-state index contributed by atoms with van der Waals surface area (Å²) in [5, 5.41) is 0. The molecule has 0 aromatic heterocycles. The average Bonchev–Trinajstić information content (AvgIpc) is 2.77. The van der Waals surface area contributed by atoms with Crippen molar-refractivity contribution in [3.8, 4) is 5.75 Å². The Balaban J connectivity index is 1.67. The molecule has 5 nitrogen and oxygen atoms in total. The Kier molecular flexibility index (Phi) is 6.86. The van der Waals surface area contributed by atoms with Gasteiger partial charge in [-0.3, -0.25) is 20.4 Å². The average molecular weight is 402 g/mol. The maximum absolute atomic E-state index is 13.0. The van der Waals surface area contributed by atoms with E-state index in [2.05, 4.69) is 10.9 Å². The zero-order valence-electron chi connectivity index (χ0n) is 17.4. The second-order valence-corrected chi connectivity index (χ2v) is 7.19. The Morgan fingerprint density at radius 1 is 0.733 bits per heavy atom. The van der Waals surface area contributed by atoms with Crippen LogP contribution in [0, 0.1) is 13.8 Å². The van der Waals surface area contributed by atoms with Crippen LogP contribution >= 0.6 is 0 Å². The summed E-state index contributed by atoms with van der Waals surface area (Å²) in [5.41, 5.74) is 8.80. The Bertz CT molecular complexity index is 964. The summed E-state index contributed by atoms with van der Waals surface area (Å²) in [4.78, 5) is 25.5. The first-order valence-electron chi connectivity index (χ1n) is 9.90. The van der Waals surface area contributed by atoms with Gasteiger partial charge >= 0.3 is 0 Å². The molecule has 0 aliphatic carbocycles. The molecule has 0 saturated carbocycles. The molecule has 3 rings (SSSR count). The Morgan fingerprint density at radius 2 is 1.27 bits per heavy atom. The van der Waals surface area contributed by atoms with Crippen LogP contribution in [-0.4, -0.2) is 17.9 Å². The standard InChI is InChI=1S/C25H26N2O3/c1-17-11-10-16-22(18(17)2)30-19(3)24(28)26-27-25(29)23(20-12-6-4-7-13-20)21-14-8-5-9-15-21/h4-16,19,23H,1-3H3,(H,26,28)(H,27,29)/t19-/m1/s1. The molecule has 0 radical (unpaired) electrons. The van der Waals surface area contributed by atoms with E-state index in [-0.39, 0.29) is 5.91 Å². The third-order valence-electron chi connectivity index (χ3n) is 5.06. The lowest BCUT2D eigenvalue weighted by atomic mass is 9.91. The number of nitrogens with one attached hydrogen (secondary N) is 2. The summed E-state index contributed by atoms with van der Waals surface area (Å²) in [6, 6.07) is 24.6. The molecule has 0 bridgehead atoms. The minimum Gasteiger partial charge on any atom is -0.481 e. The Hall–Kier alpha value is -3.60. The predicted molar refractivity (Wildman–Crippen MR) is 117 cm³/mol. The Labute approximate surface area is 177 Å². The second-order valence-electron chi connectivity index (χ2n) is 7.19. The number of carbonyl (C=O) groups excluding carboxylic acids is 2. The van der Waals surface area contributed by atoms with Crippen LogP contribution in [0.5, 0.6) is 5.75 Å². The van der Waals surface area contributed by atoms with Crippen LogP contribution in [0.4, 0.5) is 0 Å². The Morgan fingerprint density at radius 3 is 1.83 bits per heavy atom. The van der Waals surface area contributed by atoms with E-state index in [9.17, 15) is 9.59 Å². The van der Waals surface area contributed by atoms with E-state index in [1.165, 1.54) is 0 Å². The number of hydrogen-bond acceptors (Lipinski definition) is 3. The number of rotatable bonds is 6. The zero-order chi connectivity index (χ0) is 21.5. The van der Waals surface area contributed by atoms with Crippen molar-refractivity contribution in [2.45, 2.75) is 32.8 Å². The molecule has 154 valence electrons. The summed E-state index contributed by atoms with van der Waals surface area (Å²) in [6.45, 7) is 5.58. The van der Waals surface area contributed by atoms with Gasteiger partial charge in [0.05, 0.1) is 5.92 Å². The molecular formula is C25H26N2O3. The van der Waals surface area contributed by atoms with E-state index in [1.54, 1.807) is 6.92 Å². The first-order valence-corrected chi connectivity index (χ1v) is 9.90. The maximum Gasteiger partial charge on any atom is 0.279 e. The number of ether oxygens (including phenoxy) is 1. The lowest BCUT2D eigenvalue weighted by Gasteiger charge is -2.20. The molecular weight excluding hydrogens is 376 g/mol. The highest BCUT2D eigenvalue weighted by Gasteiger charge is 2.24. The monoisotopic (exact) mass is 402 g/mol. The molecule has 0 unspecified atom stereocenters. The molecule has 30 heavy (non-hydrogen) atoms. The number of carbonyl (C=O) groups is 2. The smallest absolute Gasteiger partial charge is 0.279 e. The van der Waals surface area contributed by atoms with Crippen molar-refractivity contribution in [1.29, 1.82) is 0 Å². The fraction of sp³-hybridized carbons (Fsp3) is 0.200. The van der Waals surface area contributed by atoms with Gasteiger partial charge in [0.1, 0.15) is 5.75 Å². The molecule has 2 N–H and O–H groups in total. The predicted octanol–water partition coefficient (Wildman–Crippen LogP) is 4.05. The van der Waals surface area contributed by atoms with Crippen LogP contribution in [0.3, 0.4) is 0 Å². The van der Waals surface area contributed by atoms with Gasteiger partial charge in [0.25, 0.3) is 5.91 Å². The van der Waals surface area contributed by atoms with Crippen LogP contribution in [0.2, 0.25) is 0 Å². The van der Waals surface area contributed by atoms with Crippen molar-refractivity contribution >= 4 is 11.8 Å². The fourth-order valence-corrected chi connectivity index (χ4v) is 3.18. The largest absolute Gasteiger partial charge is 0.481 e. The van der Waals surface area contributed by atoms with Crippen LogP contribution in [0.25, 0.3) is 0 Å². The molecule has 0 spiro atoms. The van der Waals surface area contributed by atoms with Crippen molar-refractivity contribution < 1.29 is 14.3 Å². The quantitative estimate of drug-likeness (QED) is 0.611. The van der Waals surface area contributed by atoms with Gasteiger partial charge in [-0.2, -0.15) is 0 Å². The van der Waals surface area contributed by atoms with Gasteiger partial charge in [0, 0.05) is 0 Å². The van der Waals surface area contributed by atoms with Gasteiger partial charge in [-0.15, -0.1) is 0 Å². The molecule has 0 aliphatic rings. The lowest BCUT2D eigenvalue weighted by molar-refractivity contribution is -0.133. The highest BCUT2D eigenvalue weighted by atomic mass is 16.5. The van der Waals surface area contributed by atoms with Crippen LogP contribution in [-0.2, 0) is 9.59 Å². The minimum absolute atomic E-state index is 0.320. The number of hydrazine groups is 1. The number of benzene rings is 3. The van der Waals surface area contributed by atoms with Gasteiger partial charge in [-0.1, -0.05) is 72.8 Å². The number of aryl methyl sites for hydroxylation is 1. The maximum atomic E-state index is 13.0. The first-order chi connectivity index (χ1) is 14.5. The number of amides is 2. The first kappa shape index (κ1) is 21.1. The van der Waals surface area contributed by atoms with Crippen molar-refractivity contribution in [3.63, 3.8) is 0 Å². The number of hydrogen-bond donors (Lipinski definition) is 2. The molecule has 0 heterocycles. The van der Waals surface area contributed by atoms with E-state index >= 15 is 0 Å². The summed E-state index contributed by atoms with van der Waals surface area (Å²) in [7, 11) is 0. The van der Waals surface area contributed by atoms with E-state index in [4.69, 9.17) is 4.74 Å². The summed E-state index contributed by atoms with van der Waals surface area (Å²) >= 11 is 0. The summed E-state index contributed by atoms with van der Waals surface area (Å²) in [5.74, 6) is -0.637. The highest BCUT2D eigenvalue weighted by Crippen LogP contribution is 2.24. The molecule has 1 atom stereocenters. The van der Waals surface area contributed by atoms with E-state index in [0.717, 1.165) is 22.3 Å². The second kappa shape index (κ2) is 9.74. The van der Waals surface area contributed by atoms with Gasteiger partial charge in [0.2, 0.25) is 5.91 Å². The molecule has 0 aliphatic heterocycles. The molecule has 0 saturated heterocycles. The van der Waals surface area contributed by atoms with Crippen LogP contribution in [0.1, 0.15) is 35.1 Å². The van der Waals surface area contributed by atoms with Crippen molar-refractivity contribution in [1.82, 2.24) is 10.9 Å². The molecule has 2 amide bonds. The lowest BCUT2D eigenvalue weighted by Crippen LogP contribution is -2.48. The van der Waals surface area contributed by atoms with E-state index in [0.29, 0.717) is 5.75 Å². The summed E-state index contributed by atoms with van der Waals surface area (Å²) in [6.07, 6.45) is -0.766. The van der Waals surface area contributed by atoms with Crippen molar-refractivity contribution in [3.05, 3.63) is 101 Å².